The normalized spacial score (nSPS) is 18.6. The molecule has 0 aliphatic carbocycles. The Balaban J connectivity index is 0.000001000. The number of piperidine rings is 1. The number of carbonyl (C=O) groups is 1. The summed E-state index contributed by atoms with van der Waals surface area (Å²) in [7, 11) is 0. The summed E-state index contributed by atoms with van der Waals surface area (Å²) in [6, 6.07) is 0.416. The number of carbonyl (C=O) groups excluding carboxylic acids is 1. The lowest BCUT2D eigenvalue weighted by Gasteiger charge is -2.22. The minimum absolute atomic E-state index is 0. The molecule has 1 aliphatic rings. The molecule has 1 rings (SSSR count). The SMILES string of the molecule is CC(=O)NC1CCNCC1.Cl. The molecule has 0 radical (unpaired) electrons. The lowest BCUT2D eigenvalue weighted by Crippen LogP contribution is -2.41. The first kappa shape index (κ1) is 10.7. The Morgan fingerprint density at radius 2 is 2.00 bits per heavy atom. The van der Waals surface area contributed by atoms with Crippen molar-refractivity contribution in [2.75, 3.05) is 13.1 Å². The number of nitrogens with one attached hydrogen (secondary N) is 2. The predicted molar refractivity (Wildman–Crippen MR) is 47.0 cm³/mol. The highest BCUT2D eigenvalue weighted by Crippen LogP contribution is 2.00. The highest BCUT2D eigenvalue weighted by molar-refractivity contribution is 5.85. The van der Waals surface area contributed by atoms with Gasteiger partial charge in [0.25, 0.3) is 0 Å². The second-order valence-electron chi connectivity index (χ2n) is 2.72. The summed E-state index contributed by atoms with van der Waals surface area (Å²) in [5.74, 6) is 0.0897. The van der Waals surface area contributed by atoms with Crippen molar-refractivity contribution >= 4 is 18.3 Å². The van der Waals surface area contributed by atoms with Gasteiger partial charge in [-0.2, -0.15) is 0 Å². The number of amides is 1. The Labute approximate surface area is 73.3 Å². The first-order valence-corrected chi connectivity index (χ1v) is 3.77. The number of hydrogen-bond donors (Lipinski definition) is 2. The molecule has 4 heteroatoms. The Bertz CT molecular complexity index is 124. The monoisotopic (exact) mass is 178 g/mol. The standard InChI is InChI=1S/C7H14N2O.ClH/c1-6(10)9-7-2-4-8-5-3-7;/h7-8H,2-5H2,1H3,(H,9,10);1H. The van der Waals surface area contributed by atoms with Crippen LogP contribution in [-0.2, 0) is 4.79 Å². The van der Waals surface area contributed by atoms with Crippen molar-refractivity contribution in [3.8, 4) is 0 Å². The summed E-state index contributed by atoms with van der Waals surface area (Å²) in [5.41, 5.74) is 0. The van der Waals surface area contributed by atoms with Gasteiger partial charge in [0, 0.05) is 13.0 Å². The number of rotatable bonds is 1. The highest BCUT2D eigenvalue weighted by Gasteiger charge is 2.12. The zero-order chi connectivity index (χ0) is 7.40. The minimum atomic E-state index is 0. The Hall–Kier alpha value is -0.280. The smallest absolute Gasteiger partial charge is 0.217 e. The van der Waals surface area contributed by atoms with E-state index in [-0.39, 0.29) is 18.3 Å². The van der Waals surface area contributed by atoms with Crippen molar-refractivity contribution in [3.63, 3.8) is 0 Å². The third-order valence-corrected chi connectivity index (χ3v) is 1.75. The first-order chi connectivity index (χ1) is 4.79. The minimum Gasteiger partial charge on any atom is -0.354 e. The van der Waals surface area contributed by atoms with Crippen LogP contribution in [0, 0.1) is 0 Å². The lowest BCUT2D eigenvalue weighted by molar-refractivity contribution is -0.119. The fraction of sp³-hybridized carbons (Fsp3) is 0.857. The summed E-state index contributed by atoms with van der Waals surface area (Å²) < 4.78 is 0. The Kier molecular flexibility index (Phi) is 5.24. The van der Waals surface area contributed by atoms with Gasteiger partial charge in [0.15, 0.2) is 0 Å². The molecule has 0 aromatic rings. The molecule has 66 valence electrons. The molecule has 0 saturated carbocycles. The lowest BCUT2D eigenvalue weighted by atomic mass is 10.1. The fourth-order valence-corrected chi connectivity index (χ4v) is 1.25. The molecule has 1 saturated heterocycles. The molecule has 1 aliphatic heterocycles. The molecule has 11 heavy (non-hydrogen) atoms. The van der Waals surface area contributed by atoms with Crippen LogP contribution in [0.15, 0.2) is 0 Å². The molecule has 1 amide bonds. The topological polar surface area (TPSA) is 41.1 Å². The molecule has 1 fully saturated rings. The molecule has 2 N–H and O–H groups in total. The number of hydrogen-bond acceptors (Lipinski definition) is 2. The zero-order valence-electron chi connectivity index (χ0n) is 6.72. The first-order valence-electron chi connectivity index (χ1n) is 3.77. The van der Waals surface area contributed by atoms with Crippen LogP contribution >= 0.6 is 12.4 Å². The van der Waals surface area contributed by atoms with Crippen LogP contribution in [0.5, 0.6) is 0 Å². The van der Waals surface area contributed by atoms with Gasteiger partial charge in [0.2, 0.25) is 5.91 Å². The third kappa shape index (κ3) is 4.22. The quantitative estimate of drug-likeness (QED) is 0.607. The van der Waals surface area contributed by atoms with E-state index in [9.17, 15) is 4.79 Å². The highest BCUT2D eigenvalue weighted by atomic mass is 35.5. The van der Waals surface area contributed by atoms with Gasteiger partial charge in [-0.15, -0.1) is 12.4 Å². The largest absolute Gasteiger partial charge is 0.354 e. The summed E-state index contributed by atoms with van der Waals surface area (Å²) in [6.07, 6.45) is 2.14. The van der Waals surface area contributed by atoms with E-state index in [4.69, 9.17) is 0 Å². The number of halogens is 1. The summed E-state index contributed by atoms with van der Waals surface area (Å²) in [4.78, 5) is 10.6. The van der Waals surface area contributed by atoms with Gasteiger partial charge in [-0.3, -0.25) is 4.79 Å². The van der Waals surface area contributed by atoms with E-state index >= 15 is 0 Å². The summed E-state index contributed by atoms with van der Waals surface area (Å²) in [5, 5.41) is 6.14. The van der Waals surface area contributed by atoms with Crippen LogP contribution in [0.1, 0.15) is 19.8 Å². The van der Waals surface area contributed by atoms with Crippen molar-refractivity contribution < 1.29 is 4.79 Å². The van der Waals surface area contributed by atoms with Crippen LogP contribution < -0.4 is 10.6 Å². The van der Waals surface area contributed by atoms with Crippen LogP contribution in [-0.4, -0.2) is 25.0 Å². The van der Waals surface area contributed by atoms with Gasteiger partial charge >= 0.3 is 0 Å². The molecule has 0 bridgehead atoms. The van der Waals surface area contributed by atoms with E-state index in [0.717, 1.165) is 25.9 Å². The van der Waals surface area contributed by atoms with E-state index < -0.39 is 0 Å². The molecule has 3 nitrogen and oxygen atoms in total. The van der Waals surface area contributed by atoms with Crippen molar-refractivity contribution in [1.29, 1.82) is 0 Å². The summed E-state index contributed by atoms with van der Waals surface area (Å²) >= 11 is 0. The van der Waals surface area contributed by atoms with Gasteiger partial charge < -0.3 is 10.6 Å². The Morgan fingerprint density at radius 3 is 2.45 bits per heavy atom. The van der Waals surface area contributed by atoms with Crippen LogP contribution in [0.25, 0.3) is 0 Å². The van der Waals surface area contributed by atoms with E-state index in [0.29, 0.717) is 6.04 Å². The average Bonchev–Trinajstić information content (AvgIpc) is 1.88. The van der Waals surface area contributed by atoms with Crippen LogP contribution in [0.4, 0.5) is 0 Å². The molecule has 0 aromatic heterocycles. The van der Waals surface area contributed by atoms with Crippen molar-refractivity contribution in [2.24, 2.45) is 0 Å². The Morgan fingerprint density at radius 1 is 1.45 bits per heavy atom. The maximum absolute atomic E-state index is 10.6. The van der Waals surface area contributed by atoms with Gasteiger partial charge in [0.05, 0.1) is 0 Å². The summed E-state index contributed by atoms with van der Waals surface area (Å²) in [6.45, 7) is 3.64. The molecular weight excluding hydrogens is 164 g/mol. The van der Waals surface area contributed by atoms with E-state index in [2.05, 4.69) is 10.6 Å². The van der Waals surface area contributed by atoms with Gasteiger partial charge in [-0.1, -0.05) is 0 Å². The van der Waals surface area contributed by atoms with Crippen LogP contribution in [0.2, 0.25) is 0 Å². The second kappa shape index (κ2) is 5.38. The fourth-order valence-electron chi connectivity index (χ4n) is 1.25. The molecule has 0 atom stereocenters. The van der Waals surface area contributed by atoms with E-state index in [1.807, 2.05) is 0 Å². The molecule has 1 heterocycles. The van der Waals surface area contributed by atoms with Gasteiger partial charge in [-0.25, -0.2) is 0 Å². The second-order valence-corrected chi connectivity index (χ2v) is 2.72. The maximum Gasteiger partial charge on any atom is 0.217 e. The molecular formula is C7H15ClN2O. The van der Waals surface area contributed by atoms with Gasteiger partial charge in [-0.05, 0) is 25.9 Å². The van der Waals surface area contributed by atoms with E-state index in [1.54, 1.807) is 6.92 Å². The molecule has 0 aromatic carbocycles. The van der Waals surface area contributed by atoms with Gasteiger partial charge in [0.1, 0.15) is 0 Å². The predicted octanol–water partition coefficient (Wildman–Crippen LogP) is 0.296. The average molecular weight is 179 g/mol. The maximum atomic E-state index is 10.6. The molecule has 0 unspecified atom stereocenters. The van der Waals surface area contributed by atoms with Crippen molar-refractivity contribution in [2.45, 2.75) is 25.8 Å². The zero-order valence-corrected chi connectivity index (χ0v) is 7.54. The van der Waals surface area contributed by atoms with Crippen molar-refractivity contribution in [1.82, 2.24) is 10.6 Å². The van der Waals surface area contributed by atoms with E-state index in [1.165, 1.54) is 0 Å². The van der Waals surface area contributed by atoms with Crippen LogP contribution in [0.3, 0.4) is 0 Å². The third-order valence-electron chi connectivity index (χ3n) is 1.75. The van der Waals surface area contributed by atoms with Crippen molar-refractivity contribution in [3.05, 3.63) is 0 Å². The molecule has 0 spiro atoms.